The summed E-state index contributed by atoms with van der Waals surface area (Å²) >= 11 is 0. The van der Waals surface area contributed by atoms with Crippen molar-refractivity contribution >= 4 is 10.0 Å². The fourth-order valence-corrected chi connectivity index (χ4v) is 3.82. The normalized spacial score (nSPS) is 14.4. The van der Waals surface area contributed by atoms with Gasteiger partial charge in [0.15, 0.2) is 11.5 Å². The molecule has 0 fully saturated rings. The minimum atomic E-state index is -3.61. The van der Waals surface area contributed by atoms with Crippen LogP contribution in [0.25, 0.3) is 0 Å². The number of hydrogen-bond donors (Lipinski definition) is 1. The van der Waals surface area contributed by atoms with Crippen molar-refractivity contribution in [2.75, 3.05) is 20.3 Å². The molecule has 28 heavy (non-hydrogen) atoms. The summed E-state index contributed by atoms with van der Waals surface area (Å²) in [6.07, 6.45) is 0.832. The summed E-state index contributed by atoms with van der Waals surface area (Å²) in [6.45, 7) is 4.20. The van der Waals surface area contributed by atoms with Gasteiger partial charge in [-0.1, -0.05) is 24.0 Å². The molecule has 0 saturated carbocycles. The Balaban J connectivity index is 1.52. The van der Waals surface area contributed by atoms with Gasteiger partial charge < -0.3 is 14.2 Å². The molecule has 0 aliphatic carbocycles. The highest BCUT2D eigenvalue weighted by atomic mass is 32.2. The first-order valence-corrected chi connectivity index (χ1v) is 10.3. The quantitative estimate of drug-likeness (QED) is 0.754. The molecule has 0 amide bonds. The standard InChI is InChI=1S/C21H23NO5S/c1-21(2)15-16-7-6-8-19(20(16)27-21)26-14-5-4-13-22-28(23,24)18-11-9-17(25-3)10-12-18/h6-12,22H,13-15H2,1-3H3. The monoisotopic (exact) mass is 401 g/mol. The topological polar surface area (TPSA) is 73.9 Å². The molecule has 0 radical (unpaired) electrons. The maximum Gasteiger partial charge on any atom is 0.241 e. The number of rotatable bonds is 6. The SMILES string of the molecule is COc1ccc(S(=O)(=O)NCC#CCOc2cccc3c2OC(C)(C)C3)cc1. The zero-order valence-electron chi connectivity index (χ0n) is 16.1. The molecule has 1 aliphatic heterocycles. The van der Waals surface area contributed by atoms with Crippen LogP contribution >= 0.6 is 0 Å². The lowest BCUT2D eigenvalue weighted by Crippen LogP contribution is -2.24. The van der Waals surface area contributed by atoms with Crippen LogP contribution in [0.3, 0.4) is 0 Å². The molecular weight excluding hydrogens is 378 g/mol. The van der Waals surface area contributed by atoms with Crippen molar-refractivity contribution in [2.24, 2.45) is 0 Å². The molecular formula is C21H23NO5S. The predicted octanol–water partition coefficient (Wildman–Crippen LogP) is 2.77. The van der Waals surface area contributed by atoms with Crippen LogP contribution in [0.2, 0.25) is 0 Å². The van der Waals surface area contributed by atoms with E-state index in [0.717, 1.165) is 17.7 Å². The first kappa shape index (κ1) is 20.1. The second-order valence-electron chi connectivity index (χ2n) is 6.93. The lowest BCUT2D eigenvalue weighted by Gasteiger charge is -2.17. The van der Waals surface area contributed by atoms with Crippen molar-refractivity contribution in [3.63, 3.8) is 0 Å². The Morgan fingerprint density at radius 3 is 2.61 bits per heavy atom. The van der Waals surface area contributed by atoms with Gasteiger partial charge in [0.2, 0.25) is 10.0 Å². The van der Waals surface area contributed by atoms with E-state index in [2.05, 4.69) is 16.6 Å². The third-order valence-corrected chi connectivity index (χ3v) is 5.62. The van der Waals surface area contributed by atoms with Gasteiger partial charge in [-0.2, -0.15) is 4.72 Å². The van der Waals surface area contributed by atoms with Crippen LogP contribution < -0.4 is 18.9 Å². The highest BCUT2D eigenvalue weighted by Crippen LogP contribution is 2.41. The van der Waals surface area contributed by atoms with Gasteiger partial charge in [0.05, 0.1) is 18.6 Å². The summed E-state index contributed by atoms with van der Waals surface area (Å²) in [7, 11) is -2.09. The zero-order valence-corrected chi connectivity index (χ0v) is 16.9. The fraction of sp³-hybridized carbons (Fsp3) is 0.333. The maximum atomic E-state index is 12.2. The Kier molecular flexibility index (Phi) is 5.82. The lowest BCUT2D eigenvalue weighted by molar-refractivity contribution is 0.133. The molecule has 6 nitrogen and oxygen atoms in total. The Morgan fingerprint density at radius 1 is 1.14 bits per heavy atom. The zero-order chi connectivity index (χ0) is 20.2. The average Bonchev–Trinajstić information content (AvgIpc) is 2.99. The second-order valence-corrected chi connectivity index (χ2v) is 8.69. The molecule has 0 bridgehead atoms. The van der Waals surface area contributed by atoms with Crippen molar-refractivity contribution in [1.29, 1.82) is 0 Å². The third-order valence-electron chi connectivity index (χ3n) is 4.20. The molecule has 0 spiro atoms. The van der Waals surface area contributed by atoms with Gasteiger partial charge in [0.1, 0.15) is 18.0 Å². The van der Waals surface area contributed by atoms with Crippen molar-refractivity contribution in [2.45, 2.75) is 30.8 Å². The number of hydrogen-bond acceptors (Lipinski definition) is 5. The molecule has 2 aromatic rings. The fourth-order valence-electron chi connectivity index (χ4n) is 2.90. The summed E-state index contributed by atoms with van der Waals surface area (Å²) in [5.74, 6) is 7.57. The van der Waals surface area contributed by atoms with Crippen LogP contribution in [0.5, 0.6) is 17.2 Å². The van der Waals surface area contributed by atoms with E-state index in [0.29, 0.717) is 11.5 Å². The van der Waals surface area contributed by atoms with Crippen molar-refractivity contribution in [3.05, 3.63) is 48.0 Å². The van der Waals surface area contributed by atoms with E-state index in [9.17, 15) is 8.42 Å². The molecule has 7 heteroatoms. The molecule has 0 aromatic heterocycles. The Morgan fingerprint density at radius 2 is 1.89 bits per heavy atom. The van der Waals surface area contributed by atoms with Crippen LogP contribution in [-0.2, 0) is 16.4 Å². The highest BCUT2D eigenvalue weighted by Gasteiger charge is 2.32. The molecule has 1 heterocycles. The predicted molar refractivity (Wildman–Crippen MR) is 106 cm³/mol. The molecule has 1 N–H and O–H groups in total. The molecule has 1 aliphatic rings. The van der Waals surface area contributed by atoms with Gasteiger partial charge in [-0.05, 0) is 44.2 Å². The van der Waals surface area contributed by atoms with E-state index in [-0.39, 0.29) is 23.6 Å². The number of para-hydroxylation sites is 1. The van der Waals surface area contributed by atoms with Crippen LogP contribution in [0.15, 0.2) is 47.4 Å². The van der Waals surface area contributed by atoms with E-state index in [1.807, 2.05) is 32.0 Å². The van der Waals surface area contributed by atoms with Crippen molar-refractivity contribution < 1.29 is 22.6 Å². The van der Waals surface area contributed by atoms with Crippen LogP contribution in [0.4, 0.5) is 0 Å². The number of methoxy groups -OCH3 is 1. The Bertz CT molecular complexity index is 1000. The highest BCUT2D eigenvalue weighted by molar-refractivity contribution is 7.89. The van der Waals surface area contributed by atoms with Crippen molar-refractivity contribution in [1.82, 2.24) is 4.72 Å². The Hall–Kier alpha value is -2.69. The molecule has 3 rings (SSSR count). The summed E-state index contributed by atoms with van der Waals surface area (Å²) in [5, 5.41) is 0. The summed E-state index contributed by atoms with van der Waals surface area (Å²) in [6, 6.07) is 11.9. The molecule has 0 unspecified atom stereocenters. The van der Waals surface area contributed by atoms with E-state index in [4.69, 9.17) is 14.2 Å². The van der Waals surface area contributed by atoms with Gasteiger partial charge in [-0.3, -0.25) is 0 Å². The van der Waals surface area contributed by atoms with E-state index in [1.165, 1.54) is 19.2 Å². The minimum absolute atomic E-state index is 0.00580. The molecule has 0 atom stereocenters. The largest absolute Gasteiger partial charge is 0.497 e. The number of nitrogens with one attached hydrogen (secondary N) is 1. The van der Waals surface area contributed by atoms with Crippen molar-refractivity contribution in [3.8, 4) is 29.1 Å². The molecule has 148 valence electrons. The summed E-state index contributed by atoms with van der Waals surface area (Å²) in [5.41, 5.74) is 0.871. The second kappa shape index (κ2) is 8.13. The third kappa shape index (κ3) is 4.77. The average molecular weight is 401 g/mol. The summed E-state index contributed by atoms with van der Waals surface area (Å²) in [4.78, 5) is 0.158. The maximum absolute atomic E-state index is 12.2. The van der Waals surface area contributed by atoms with E-state index in [1.54, 1.807) is 12.1 Å². The minimum Gasteiger partial charge on any atom is -0.497 e. The number of benzene rings is 2. The first-order chi connectivity index (χ1) is 13.3. The van der Waals surface area contributed by atoms with Gasteiger partial charge in [-0.25, -0.2) is 8.42 Å². The lowest BCUT2D eigenvalue weighted by atomic mass is 10.0. The van der Waals surface area contributed by atoms with E-state index < -0.39 is 10.0 Å². The molecule has 2 aromatic carbocycles. The first-order valence-electron chi connectivity index (χ1n) is 8.84. The van der Waals surface area contributed by atoms with Crippen LogP contribution in [0.1, 0.15) is 19.4 Å². The van der Waals surface area contributed by atoms with Gasteiger partial charge >= 0.3 is 0 Å². The number of fused-ring (bicyclic) bond motifs is 1. The van der Waals surface area contributed by atoms with Crippen LogP contribution in [0, 0.1) is 11.8 Å². The molecule has 0 saturated heterocycles. The number of sulfonamides is 1. The van der Waals surface area contributed by atoms with Gasteiger partial charge in [-0.15, -0.1) is 0 Å². The van der Waals surface area contributed by atoms with Gasteiger partial charge in [0, 0.05) is 12.0 Å². The summed E-state index contributed by atoms with van der Waals surface area (Å²) < 4.78 is 43.5. The van der Waals surface area contributed by atoms with Crippen LogP contribution in [-0.4, -0.2) is 34.3 Å². The smallest absolute Gasteiger partial charge is 0.241 e. The van der Waals surface area contributed by atoms with Gasteiger partial charge in [0.25, 0.3) is 0 Å². The van der Waals surface area contributed by atoms with E-state index >= 15 is 0 Å². The number of ether oxygens (including phenoxy) is 3. The Labute approximate surface area is 165 Å².